The normalized spacial score (nSPS) is 19.2. The molecule has 0 saturated carbocycles. The molecule has 0 heterocycles. The van der Waals surface area contributed by atoms with E-state index in [1.54, 1.807) is 24.3 Å². The predicted octanol–water partition coefficient (Wildman–Crippen LogP) is 3.71. The quantitative estimate of drug-likeness (QED) is 0.566. The Labute approximate surface area is 235 Å². The van der Waals surface area contributed by atoms with E-state index < -0.39 is 0 Å². The Kier molecular flexibility index (Phi) is 7.44. The second-order valence-electron chi connectivity index (χ2n) is 10.5. The van der Waals surface area contributed by atoms with Gasteiger partial charge in [-0.3, -0.25) is 9.59 Å². The molecule has 2 aromatic rings. The van der Waals surface area contributed by atoms with Crippen molar-refractivity contribution < 1.29 is 67.5 Å². The summed E-state index contributed by atoms with van der Waals surface area (Å²) in [6.07, 6.45) is 3.92. The summed E-state index contributed by atoms with van der Waals surface area (Å²) in [5.41, 5.74) is 6.22. The first-order valence-electron chi connectivity index (χ1n) is 11.3. The van der Waals surface area contributed by atoms with E-state index >= 15 is 0 Å². The minimum Gasteiger partial charge on any atom is -1.00 e. The van der Waals surface area contributed by atoms with Crippen LogP contribution >= 0.6 is 0 Å². The van der Waals surface area contributed by atoms with Crippen LogP contribution in [0.5, 0.6) is 0 Å². The second kappa shape index (κ2) is 9.30. The average molecular weight is 457 g/mol. The first-order valence-corrected chi connectivity index (χ1v) is 11.3. The van der Waals surface area contributed by atoms with E-state index in [9.17, 15) is 14.7 Å². The molecule has 0 atom stereocenters. The molecule has 0 bridgehead atoms. The van der Waals surface area contributed by atoms with Crippen LogP contribution in [0.25, 0.3) is 5.57 Å². The van der Waals surface area contributed by atoms with E-state index in [4.69, 9.17) is 0 Å². The van der Waals surface area contributed by atoms with Crippen LogP contribution in [0.1, 0.15) is 99.4 Å². The van der Waals surface area contributed by atoms with E-state index in [-0.39, 0.29) is 81.0 Å². The van der Waals surface area contributed by atoms with Gasteiger partial charge in [-0.2, -0.15) is 0 Å². The van der Waals surface area contributed by atoms with Gasteiger partial charge in [-0.15, -0.1) is 0 Å². The molecular weight excluding hydrogens is 423 g/mol. The van der Waals surface area contributed by atoms with Crippen molar-refractivity contribution in [3.63, 3.8) is 0 Å². The van der Waals surface area contributed by atoms with Crippen molar-refractivity contribution in [2.75, 3.05) is 0 Å². The van der Waals surface area contributed by atoms with Gasteiger partial charge in [0.15, 0.2) is 11.6 Å². The molecule has 0 amide bonds. The van der Waals surface area contributed by atoms with E-state index in [2.05, 4.69) is 39.8 Å². The molecule has 2 aliphatic carbocycles. The van der Waals surface area contributed by atoms with Crippen LogP contribution in [0.4, 0.5) is 0 Å². The first kappa shape index (κ1) is 25.6. The first-order chi connectivity index (χ1) is 14.5. The fraction of sp³-hybridized carbons (Fsp3) is 0.429. The number of benzene rings is 2. The van der Waals surface area contributed by atoms with Gasteiger partial charge in [-0.1, -0.05) is 58.0 Å². The third-order valence-electron chi connectivity index (χ3n) is 7.26. The Hall–Kier alpha value is -1.04. The molecule has 164 valence electrons. The zero-order chi connectivity index (χ0) is 22.6. The van der Waals surface area contributed by atoms with Crippen LogP contribution in [-0.4, -0.2) is 16.7 Å². The molecule has 0 saturated heterocycles. The number of aryl methyl sites for hydroxylation is 1. The van der Waals surface area contributed by atoms with E-state index in [1.165, 1.54) is 11.1 Å². The van der Waals surface area contributed by atoms with Gasteiger partial charge in [0.1, 0.15) is 5.76 Å². The zero-order valence-electron chi connectivity index (χ0n) is 21.3. The summed E-state index contributed by atoms with van der Waals surface area (Å²) in [6.45, 7) is 11.1. The second-order valence-corrected chi connectivity index (χ2v) is 10.5. The molecule has 0 radical (unpaired) electrons. The zero-order valence-corrected chi connectivity index (χ0v) is 23.4. The number of fused-ring (bicyclic) bond motifs is 1. The van der Waals surface area contributed by atoms with Gasteiger partial charge in [0.25, 0.3) is 0 Å². The van der Waals surface area contributed by atoms with Gasteiger partial charge in [0.05, 0.1) is 5.57 Å². The Bertz CT molecular complexity index is 1110. The van der Waals surface area contributed by atoms with Crippen LogP contribution in [0.3, 0.4) is 0 Å². The van der Waals surface area contributed by atoms with Gasteiger partial charge in [-0.25, -0.2) is 0 Å². The summed E-state index contributed by atoms with van der Waals surface area (Å²) < 4.78 is 0. The summed E-state index contributed by atoms with van der Waals surface area (Å²) in [4.78, 5) is 25.7. The van der Waals surface area contributed by atoms with Crippen LogP contribution in [-0.2, 0) is 15.6 Å². The van der Waals surface area contributed by atoms with Crippen molar-refractivity contribution >= 4 is 17.1 Å². The number of hydrogen-bond donors (Lipinski definition) is 1. The number of Topliss-reactive ketones (excluding diaryl/α,β-unsaturated/α-hetero) is 1. The van der Waals surface area contributed by atoms with Crippen molar-refractivity contribution in [2.45, 2.75) is 77.6 Å². The standard InChI is InChI=1S/C28H32O3.K.H/c1-17-15-21-22(28(4,5)14-13-27(21,2)3)16-20(17)26(31)19-11-9-18(10-12-19)25-23(29)7-6-8-24(25)30;;/h9-12,15-16,29H,6-8,13-14H2,1-5H3;;/q;+1;-1. The molecule has 0 fully saturated rings. The summed E-state index contributed by atoms with van der Waals surface area (Å²) >= 11 is 0. The molecule has 3 nitrogen and oxygen atoms in total. The fourth-order valence-electron chi connectivity index (χ4n) is 5.07. The number of aliphatic hydroxyl groups is 1. The molecule has 1 N–H and O–H groups in total. The van der Waals surface area contributed by atoms with E-state index in [0.29, 0.717) is 36.0 Å². The Morgan fingerprint density at radius 1 is 0.938 bits per heavy atom. The van der Waals surface area contributed by atoms with Crippen LogP contribution < -0.4 is 51.4 Å². The molecule has 4 rings (SSSR count). The number of allylic oxidation sites excluding steroid dienone is 2. The van der Waals surface area contributed by atoms with E-state index in [1.807, 2.05) is 6.92 Å². The SMILES string of the molecule is Cc1cc2c(cc1C(=O)c1ccc(C3=C(O)CCCC3=O)cc1)C(C)(C)CCC2(C)C.[H-].[K+]. The van der Waals surface area contributed by atoms with Crippen LogP contribution in [0.2, 0.25) is 0 Å². The molecule has 0 unspecified atom stereocenters. The summed E-state index contributed by atoms with van der Waals surface area (Å²) in [5, 5.41) is 10.2. The maximum atomic E-state index is 13.4. The van der Waals surface area contributed by atoms with Crippen molar-refractivity contribution in [1.29, 1.82) is 0 Å². The Morgan fingerprint density at radius 3 is 2.06 bits per heavy atom. The van der Waals surface area contributed by atoms with Crippen molar-refractivity contribution in [2.24, 2.45) is 0 Å². The van der Waals surface area contributed by atoms with Gasteiger partial charge in [-0.05, 0) is 65.3 Å². The summed E-state index contributed by atoms with van der Waals surface area (Å²) in [5.74, 6) is 0.128. The van der Waals surface area contributed by atoms with Crippen molar-refractivity contribution in [3.8, 4) is 0 Å². The Balaban J connectivity index is 0.00000193. The molecule has 2 aliphatic rings. The number of carbonyl (C=O) groups is 2. The molecule has 4 heteroatoms. The van der Waals surface area contributed by atoms with E-state index in [0.717, 1.165) is 24.0 Å². The van der Waals surface area contributed by atoms with Crippen molar-refractivity contribution in [3.05, 3.63) is 75.5 Å². The summed E-state index contributed by atoms with van der Waals surface area (Å²) in [7, 11) is 0. The topological polar surface area (TPSA) is 54.4 Å². The van der Waals surface area contributed by atoms with Gasteiger partial charge in [0.2, 0.25) is 0 Å². The van der Waals surface area contributed by atoms with Gasteiger partial charge >= 0.3 is 51.4 Å². The average Bonchev–Trinajstić information content (AvgIpc) is 2.71. The third-order valence-corrected chi connectivity index (χ3v) is 7.26. The molecule has 0 aromatic heterocycles. The molecule has 0 aliphatic heterocycles. The number of aliphatic hydroxyl groups excluding tert-OH is 1. The number of rotatable bonds is 3. The fourth-order valence-corrected chi connectivity index (χ4v) is 5.07. The van der Waals surface area contributed by atoms with Gasteiger partial charge < -0.3 is 6.53 Å². The Morgan fingerprint density at radius 2 is 1.50 bits per heavy atom. The van der Waals surface area contributed by atoms with Crippen LogP contribution in [0.15, 0.2) is 42.2 Å². The summed E-state index contributed by atoms with van der Waals surface area (Å²) in [6, 6.07) is 11.4. The monoisotopic (exact) mass is 456 g/mol. The maximum absolute atomic E-state index is 13.4. The van der Waals surface area contributed by atoms with Crippen molar-refractivity contribution in [1.82, 2.24) is 0 Å². The molecule has 0 spiro atoms. The maximum Gasteiger partial charge on any atom is 1.00 e. The smallest absolute Gasteiger partial charge is 1.00 e. The third kappa shape index (κ3) is 4.62. The number of ketones is 2. The largest absolute Gasteiger partial charge is 1.00 e. The minimum absolute atomic E-state index is 0. The molecule has 2 aromatic carbocycles. The minimum atomic E-state index is -0.0294. The molecule has 32 heavy (non-hydrogen) atoms. The predicted molar refractivity (Wildman–Crippen MR) is 126 cm³/mol. The van der Waals surface area contributed by atoms with Gasteiger partial charge in [0, 0.05) is 24.0 Å². The number of carbonyl (C=O) groups excluding carboxylic acids is 2. The molecular formula is C28H33KO3. The van der Waals surface area contributed by atoms with Crippen LogP contribution in [0, 0.1) is 6.92 Å². The number of hydrogen-bond acceptors (Lipinski definition) is 3.